The van der Waals surface area contributed by atoms with Crippen LogP contribution in [0.3, 0.4) is 0 Å². The van der Waals surface area contributed by atoms with Gasteiger partial charge in [0, 0.05) is 22.7 Å². The highest BCUT2D eigenvalue weighted by Crippen LogP contribution is 2.37. The van der Waals surface area contributed by atoms with Crippen molar-refractivity contribution in [2.24, 2.45) is 4.99 Å². The van der Waals surface area contributed by atoms with E-state index in [9.17, 15) is 31.9 Å². The van der Waals surface area contributed by atoms with Crippen molar-refractivity contribution in [1.29, 1.82) is 0 Å². The van der Waals surface area contributed by atoms with Crippen LogP contribution in [0.15, 0.2) is 41.2 Å². The minimum absolute atomic E-state index is 0.112. The molecule has 1 aliphatic carbocycles. The Morgan fingerprint density at radius 1 is 1.38 bits per heavy atom. The largest absolute Gasteiger partial charge is 0.488 e. The van der Waals surface area contributed by atoms with Gasteiger partial charge in [-0.3, -0.25) is 14.8 Å². The molecule has 1 aromatic carbocycles. The second-order valence-corrected chi connectivity index (χ2v) is 7.31. The van der Waals surface area contributed by atoms with E-state index in [-0.39, 0.29) is 33.9 Å². The molecule has 1 aliphatic rings. The van der Waals surface area contributed by atoms with Gasteiger partial charge < -0.3 is 15.2 Å². The molecule has 32 heavy (non-hydrogen) atoms. The summed E-state index contributed by atoms with van der Waals surface area (Å²) < 4.78 is 72.3. The van der Waals surface area contributed by atoms with Gasteiger partial charge >= 0.3 is 6.18 Å². The van der Waals surface area contributed by atoms with E-state index in [1.165, 1.54) is 19.1 Å². The molecule has 1 heterocycles. The minimum atomic E-state index is -5.15. The van der Waals surface area contributed by atoms with Crippen molar-refractivity contribution < 1.29 is 36.6 Å². The molecule has 1 amide bonds. The predicted molar refractivity (Wildman–Crippen MR) is 107 cm³/mol. The zero-order valence-electron chi connectivity index (χ0n) is 16.9. The van der Waals surface area contributed by atoms with Gasteiger partial charge in [0.2, 0.25) is 5.60 Å². The van der Waals surface area contributed by atoms with Gasteiger partial charge in [0.25, 0.3) is 12.3 Å². The van der Waals surface area contributed by atoms with Crippen LogP contribution in [-0.4, -0.2) is 47.1 Å². The molecule has 1 atom stereocenters. The Morgan fingerprint density at radius 3 is 2.59 bits per heavy atom. The number of carbonyl (C=O) groups is 1. The molecule has 6 nitrogen and oxygen atoms in total. The van der Waals surface area contributed by atoms with Gasteiger partial charge in [0.15, 0.2) is 0 Å². The van der Waals surface area contributed by atoms with E-state index in [4.69, 9.17) is 4.74 Å². The first kappa shape index (κ1) is 23.6. The van der Waals surface area contributed by atoms with E-state index < -0.39 is 36.4 Å². The van der Waals surface area contributed by atoms with Crippen LogP contribution in [0.2, 0.25) is 0 Å². The third-order valence-corrected chi connectivity index (χ3v) is 4.94. The van der Waals surface area contributed by atoms with Crippen LogP contribution in [0.4, 0.5) is 22.0 Å². The lowest BCUT2D eigenvalue weighted by molar-refractivity contribution is -0.241. The summed E-state index contributed by atoms with van der Waals surface area (Å²) in [5, 5.41) is 12.4. The van der Waals surface area contributed by atoms with Crippen molar-refractivity contribution in [3.05, 3.63) is 47.3 Å². The molecular weight excluding hydrogens is 437 g/mol. The summed E-state index contributed by atoms with van der Waals surface area (Å²) in [6.45, 7) is 3.02. The van der Waals surface area contributed by atoms with E-state index in [1.54, 1.807) is 0 Å². The molecular formula is C21H20F5N3O3. The molecule has 0 spiro atoms. The van der Waals surface area contributed by atoms with Gasteiger partial charge in [0.05, 0.1) is 18.3 Å². The van der Waals surface area contributed by atoms with Gasteiger partial charge in [-0.05, 0) is 44.7 Å². The van der Waals surface area contributed by atoms with Crippen LogP contribution in [-0.2, 0) is 0 Å². The summed E-state index contributed by atoms with van der Waals surface area (Å²) >= 11 is 0. The first-order valence-corrected chi connectivity index (χ1v) is 9.59. The lowest BCUT2D eigenvalue weighted by Crippen LogP contribution is -2.54. The zero-order valence-corrected chi connectivity index (χ0v) is 16.9. The number of nitrogens with one attached hydrogen (secondary N) is 1. The number of alkyl halides is 5. The zero-order chi connectivity index (χ0) is 23.7. The van der Waals surface area contributed by atoms with E-state index >= 15 is 0 Å². The van der Waals surface area contributed by atoms with Crippen molar-refractivity contribution in [2.75, 3.05) is 6.54 Å². The number of ether oxygens (including phenoxy) is 1. The number of hydrogen-bond donors (Lipinski definition) is 2. The molecule has 2 aromatic rings. The fraction of sp³-hybridized carbons (Fsp3) is 0.381. The number of nitrogens with zero attached hydrogens (tertiary/aromatic N) is 2. The average Bonchev–Trinajstić information content (AvgIpc) is 3.55. The molecule has 0 radical (unpaired) electrons. The van der Waals surface area contributed by atoms with Crippen molar-refractivity contribution in [3.63, 3.8) is 0 Å². The van der Waals surface area contributed by atoms with Crippen molar-refractivity contribution >= 4 is 23.5 Å². The van der Waals surface area contributed by atoms with Gasteiger partial charge in [-0.1, -0.05) is 6.08 Å². The number of aromatic nitrogens is 1. The number of hydrogen-bond acceptors (Lipinski definition) is 5. The highest BCUT2D eigenvalue weighted by molar-refractivity contribution is 6.00. The lowest BCUT2D eigenvalue weighted by Gasteiger charge is -2.30. The van der Waals surface area contributed by atoms with Crippen molar-refractivity contribution in [2.45, 2.75) is 44.1 Å². The van der Waals surface area contributed by atoms with E-state index in [0.29, 0.717) is 0 Å². The Labute approximate surface area is 179 Å². The maximum atomic E-state index is 13.5. The van der Waals surface area contributed by atoms with Crippen molar-refractivity contribution in [1.82, 2.24) is 10.3 Å². The number of aliphatic hydroxyl groups is 1. The fourth-order valence-electron chi connectivity index (χ4n) is 3.05. The standard InChI is InChI=1S/C21H20F5N3O3/c1-3-16(27-2)20(31,21(24,25)26)10-29-19(30)12-6-11-7-13(18(22)23)9-28-17(11)15(8-12)32-14-4-5-14/h3,6-9,14,18,31H,2,4-5,10H2,1H3,(H,29,30)/b16-3-/t20-/m0/s1. The number of allylic oxidation sites excluding steroid dienone is 1. The number of aliphatic imine (C=N–C) groups is 1. The molecule has 1 fully saturated rings. The monoisotopic (exact) mass is 457 g/mol. The predicted octanol–water partition coefficient (Wildman–Crippen LogP) is 4.34. The van der Waals surface area contributed by atoms with Crippen LogP contribution in [0.5, 0.6) is 5.75 Å². The highest BCUT2D eigenvalue weighted by Gasteiger charge is 2.56. The van der Waals surface area contributed by atoms with Crippen LogP contribution in [0, 0.1) is 0 Å². The minimum Gasteiger partial charge on any atom is -0.488 e. The molecule has 1 saturated carbocycles. The van der Waals surface area contributed by atoms with Crippen LogP contribution in [0.25, 0.3) is 10.9 Å². The molecule has 172 valence electrons. The second-order valence-electron chi connectivity index (χ2n) is 7.31. The van der Waals surface area contributed by atoms with E-state index in [2.05, 4.69) is 16.7 Å². The molecule has 11 heteroatoms. The number of fused-ring (bicyclic) bond motifs is 1. The van der Waals surface area contributed by atoms with Crippen molar-refractivity contribution in [3.8, 4) is 5.75 Å². The Bertz CT molecular complexity index is 1070. The highest BCUT2D eigenvalue weighted by atomic mass is 19.4. The first-order valence-electron chi connectivity index (χ1n) is 9.59. The van der Waals surface area contributed by atoms with Crippen LogP contribution in [0.1, 0.15) is 42.1 Å². The molecule has 0 aliphatic heterocycles. The molecule has 0 saturated heterocycles. The summed E-state index contributed by atoms with van der Waals surface area (Å²) in [5.41, 5.74) is -4.51. The third-order valence-electron chi connectivity index (χ3n) is 4.94. The number of carbonyl (C=O) groups excluding carboxylic acids is 1. The summed E-state index contributed by atoms with van der Waals surface area (Å²) in [6, 6.07) is 3.63. The SMILES string of the molecule is C=N/C(=C\C)[C@@](O)(CNC(=O)c1cc(OC2CC2)c2ncc(C(F)F)cc2c1)C(F)(F)F. The Hall–Kier alpha value is -3.08. The molecule has 3 rings (SSSR count). The summed E-state index contributed by atoms with van der Waals surface area (Å²) in [4.78, 5) is 19.9. The van der Waals surface area contributed by atoms with Gasteiger partial charge in [0.1, 0.15) is 11.3 Å². The lowest BCUT2D eigenvalue weighted by atomic mass is 9.98. The Kier molecular flexibility index (Phi) is 6.49. The Balaban J connectivity index is 1.95. The summed E-state index contributed by atoms with van der Waals surface area (Å²) in [6.07, 6.45) is -4.59. The quantitative estimate of drug-likeness (QED) is 0.456. The normalized spacial score (nSPS) is 16.7. The molecule has 2 N–H and O–H groups in total. The van der Waals surface area contributed by atoms with E-state index in [0.717, 1.165) is 31.2 Å². The fourth-order valence-corrected chi connectivity index (χ4v) is 3.05. The third kappa shape index (κ3) is 4.72. The van der Waals surface area contributed by atoms with Gasteiger partial charge in [-0.25, -0.2) is 8.78 Å². The summed E-state index contributed by atoms with van der Waals surface area (Å²) in [7, 11) is 0. The van der Waals surface area contributed by atoms with E-state index in [1.807, 2.05) is 5.32 Å². The molecule has 0 unspecified atom stereocenters. The number of pyridine rings is 1. The maximum absolute atomic E-state index is 13.5. The first-order chi connectivity index (χ1) is 15.0. The molecule has 0 bridgehead atoms. The second kappa shape index (κ2) is 8.81. The summed E-state index contributed by atoms with van der Waals surface area (Å²) in [5.74, 6) is -0.818. The number of benzene rings is 1. The number of rotatable bonds is 8. The molecule has 1 aromatic heterocycles. The topological polar surface area (TPSA) is 83.8 Å². The van der Waals surface area contributed by atoms with Crippen LogP contribution < -0.4 is 10.1 Å². The number of amides is 1. The average molecular weight is 457 g/mol. The van der Waals surface area contributed by atoms with Gasteiger partial charge in [-0.15, -0.1) is 0 Å². The number of halogens is 5. The maximum Gasteiger partial charge on any atom is 0.424 e. The van der Waals surface area contributed by atoms with Gasteiger partial charge in [-0.2, -0.15) is 13.2 Å². The smallest absolute Gasteiger partial charge is 0.424 e. The van der Waals surface area contributed by atoms with Crippen LogP contribution >= 0.6 is 0 Å². The Morgan fingerprint density at radius 2 is 2.06 bits per heavy atom.